The number of nitrogens with zero attached hydrogens (tertiary/aromatic N) is 2. The van der Waals surface area contributed by atoms with Crippen LogP contribution in [0.15, 0.2) is 24.3 Å². The van der Waals surface area contributed by atoms with E-state index in [0.29, 0.717) is 6.42 Å². The molecule has 1 N–H and O–H groups in total. The predicted octanol–water partition coefficient (Wildman–Crippen LogP) is 2.57. The molecule has 1 aromatic carbocycles. The molecule has 0 saturated carbocycles. The molecule has 1 heterocycles. The van der Waals surface area contributed by atoms with E-state index in [-0.39, 0.29) is 5.91 Å². The van der Waals surface area contributed by atoms with E-state index < -0.39 is 0 Å². The fourth-order valence-electron chi connectivity index (χ4n) is 2.46. The van der Waals surface area contributed by atoms with Gasteiger partial charge < -0.3 is 15.1 Å². The number of carbonyl (C=O) groups excluding carboxylic acids is 1. The van der Waals surface area contributed by atoms with Crippen molar-refractivity contribution in [2.24, 2.45) is 0 Å². The summed E-state index contributed by atoms with van der Waals surface area (Å²) in [6.45, 7) is 3.20. The molecule has 20 heavy (non-hydrogen) atoms. The summed E-state index contributed by atoms with van der Waals surface area (Å²) in [5.41, 5.74) is 2.45. The van der Waals surface area contributed by atoms with E-state index in [1.54, 1.807) is 19.0 Å². The molecule has 0 unspecified atom stereocenters. The quantitative estimate of drug-likeness (QED) is 0.811. The highest BCUT2D eigenvalue weighted by molar-refractivity contribution is 5.75. The Balaban J connectivity index is 1.72. The zero-order valence-electron chi connectivity index (χ0n) is 12.6. The second kappa shape index (κ2) is 7.17. The van der Waals surface area contributed by atoms with E-state index in [1.807, 2.05) is 0 Å². The van der Waals surface area contributed by atoms with E-state index in [0.717, 1.165) is 18.7 Å². The second-order valence-corrected chi connectivity index (χ2v) is 5.56. The topological polar surface area (TPSA) is 35.6 Å². The molecule has 2 rings (SSSR count). The molecule has 0 spiro atoms. The summed E-state index contributed by atoms with van der Waals surface area (Å²) >= 11 is 0. The van der Waals surface area contributed by atoms with Gasteiger partial charge in [-0.25, -0.2) is 0 Å². The van der Waals surface area contributed by atoms with E-state index in [1.165, 1.54) is 31.6 Å². The standard InChI is InChI=1S/C16H25N3O/c1-18(2)16(20)6-5-11-17-14-7-9-15(10-8-14)19-12-3-4-13-19/h7-10,17H,3-6,11-13H2,1-2H3. The van der Waals surface area contributed by atoms with Crippen LogP contribution in [0.5, 0.6) is 0 Å². The molecular weight excluding hydrogens is 250 g/mol. The molecule has 1 aliphatic rings. The first-order valence-electron chi connectivity index (χ1n) is 7.46. The van der Waals surface area contributed by atoms with Gasteiger partial charge >= 0.3 is 0 Å². The fraction of sp³-hybridized carbons (Fsp3) is 0.562. The highest BCUT2D eigenvalue weighted by atomic mass is 16.2. The zero-order chi connectivity index (χ0) is 14.4. The van der Waals surface area contributed by atoms with Crippen molar-refractivity contribution in [3.05, 3.63) is 24.3 Å². The molecule has 4 nitrogen and oxygen atoms in total. The van der Waals surface area contributed by atoms with Gasteiger partial charge in [-0.3, -0.25) is 4.79 Å². The van der Waals surface area contributed by atoms with Crippen molar-refractivity contribution in [1.82, 2.24) is 4.90 Å². The molecule has 110 valence electrons. The van der Waals surface area contributed by atoms with Crippen LogP contribution in [0.1, 0.15) is 25.7 Å². The lowest BCUT2D eigenvalue weighted by molar-refractivity contribution is -0.128. The Labute approximate surface area is 121 Å². The van der Waals surface area contributed by atoms with Crippen LogP contribution >= 0.6 is 0 Å². The summed E-state index contributed by atoms with van der Waals surface area (Å²) in [7, 11) is 3.60. The number of rotatable bonds is 6. The van der Waals surface area contributed by atoms with Crippen molar-refractivity contribution in [2.75, 3.05) is 43.9 Å². The van der Waals surface area contributed by atoms with Gasteiger partial charge in [-0.15, -0.1) is 0 Å². The molecule has 1 aliphatic heterocycles. The monoisotopic (exact) mass is 275 g/mol. The average molecular weight is 275 g/mol. The van der Waals surface area contributed by atoms with Crippen LogP contribution < -0.4 is 10.2 Å². The Morgan fingerprint density at radius 1 is 1.20 bits per heavy atom. The van der Waals surface area contributed by atoms with Crippen LogP contribution in [0, 0.1) is 0 Å². The Morgan fingerprint density at radius 3 is 2.45 bits per heavy atom. The normalized spacial score (nSPS) is 14.4. The van der Waals surface area contributed by atoms with E-state index in [2.05, 4.69) is 34.5 Å². The van der Waals surface area contributed by atoms with Gasteiger partial charge in [0.25, 0.3) is 0 Å². The van der Waals surface area contributed by atoms with Crippen LogP contribution in [0.4, 0.5) is 11.4 Å². The van der Waals surface area contributed by atoms with Gasteiger partial charge in [0.1, 0.15) is 0 Å². The van der Waals surface area contributed by atoms with E-state index >= 15 is 0 Å². The van der Waals surface area contributed by atoms with Crippen molar-refractivity contribution < 1.29 is 4.79 Å². The molecule has 0 aliphatic carbocycles. The highest BCUT2D eigenvalue weighted by Crippen LogP contribution is 2.21. The number of benzene rings is 1. The summed E-state index contributed by atoms with van der Waals surface area (Å²) in [5, 5.41) is 3.37. The average Bonchev–Trinajstić information content (AvgIpc) is 2.98. The van der Waals surface area contributed by atoms with Crippen molar-refractivity contribution in [2.45, 2.75) is 25.7 Å². The summed E-state index contributed by atoms with van der Waals surface area (Å²) < 4.78 is 0. The number of amides is 1. The molecule has 0 radical (unpaired) electrons. The first-order valence-corrected chi connectivity index (χ1v) is 7.46. The molecule has 1 fully saturated rings. The van der Waals surface area contributed by atoms with Gasteiger partial charge in [0.15, 0.2) is 0 Å². The van der Waals surface area contributed by atoms with Crippen LogP contribution in [0.25, 0.3) is 0 Å². The number of carbonyl (C=O) groups is 1. The van der Waals surface area contributed by atoms with Crippen LogP contribution in [0.3, 0.4) is 0 Å². The SMILES string of the molecule is CN(C)C(=O)CCCNc1ccc(N2CCCC2)cc1. The van der Waals surface area contributed by atoms with Crippen molar-refractivity contribution in [1.29, 1.82) is 0 Å². The van der Waals surface area contributed by atoms with Gasteiger partial charge in [-0.1, -0.05) is 0 Å². The van der Waals surface area contributed by atoms with Gasteiger partial charge in [0.05, 0.1) is 0 Å². The van der Waals surface area contributed by atoms with Gasteiger partial charge in [0, 0.05) is 51.5 Å². The summed E-state index contributed by atoms with van der Waals surface area (Å²) in [5.74, 6) is 0.191. The highest BCUT2D eigenvalue weighted by Gasteiger charge is 2.11. The lowest BCUT2D eigenvalue weighted by Gasteiger charge is -2.18. The minimum Gasteiger partial charge on any atom is -0.385 e. The number of hydrogen-bond donors (Lipinski definition) is 1. The second-order valence-electron chi connectivity index (χ2n) is 5.56. The van der Waals surface area contributed by atoms with Gasteiger partial charge in [0.2, 0.25) is 5.91 Å². The van der Waals surface area contributed by atoms with E-state index in [4.69, 9.17) is 0 Å². The van der Waals surface area contributed by atoms with Crippen LogP contribution in [-0.2, 0) is 4.79 Å². The Kier molecular flexibility index (Phi) is 5.27. The third-order valence-electron chi connectivity index (χ3n) is 3.73. The van der Waals surface area contributed by atoms with Crippen LogP contribution in [-0.4, -0.2) is 44.5 Å². The number of nitrogens with one attached hydrogen (secondary N) is 1. The maximum absolute atomic E-state index is 11.4. The van der Waals surface area contributed by atoms with Crippen LogP contribution in [0.2, 0.25) is 0 Å². The molecular formula is C16H25N3O. The molecule has 0 aromatic heterocycles. The summed E-state index contributed by atoms with van der Waals surface area (Å²) in [6.07, 6.45) is 4.08. The van der Waals surface area contributed by atoms with Crippen molar-refractivity contribution in [3.63, 3.8) is 0 Å². The molecule has 1 amide bonds. The van der Waals surface area contributed by atoms with E-state index in [9.17, 15) is 4.79 Å². The third kappa shape index (κ3) is 4.15. The molecule has 4 heteroatoms. The lowest BCUT2D eigenvalue weighted by Crippen LogP contribution is -2.22. The Hall–Kier alpha value is -1.71. The summed E-state index contributed by atoms with van der Waals surface area (Å²) in [4.78, 5) is 15.5. The minimum absolute atomic E-state index is 0.191. The first-order chi connectivity index (χ1) is 9.66. The lowest BCUT2D eigenvalue weighted by atomic mass is 10.2. The molecule has 0 atom stereocenters. The Bertz CT molecular complexity index is 422. The fourth-order valence-corrected chi connectivity index (χ4v) is 2.46. The van der Waals surface area contributed by atoms with Gasteiger partial charge in [-0.2, -0.15) is 0 Å². The maximum atomic E-state index is 11.4. The molecule has 1 saturated heterocycles. The first kappa shape index (κ1) is 14.7. The van der Waals surface area contributed by atoms with Crippen molar-refractivity contribution >= 4 is 17.3 Å². The molecule has 1 aromatic rings. The molecule has 0 bridgehead atoms. The minimum atomic E-state index is 0.191. The largest absolute Gasteiger partial charge is 0.385 e. The smallest absolute Gasteiger partial charge is 0.222 e. The van der Waals surface area contributed by atoms with Crippen molar-refractivity contribution in [3.8, 4) is 0 Å². The number of hydrogen-bond acceptors (Lipinski definition) is 3. The predicted molar refractivity (Wildman–Crippen MR) is 84.3 cm³/mol. The number of anilines is 2. The Morgan fingerprint density at radius 2 is 1.85 bits per heavy atom. The third-order valence-corrected chi connectivity index (χ3v) is 3.73. The summed E-state index contributed by atoms with van der Waals surface area (Å²) in [6, 6.07) is 8.61. The maximum Gasteiger partial charge on any atom is 0.222 e. The zero-order valence-corrected chi connectivity index (χ0v) is 12.6. The van der Waals surface area contributed by atoms with Gasteiger partial charge in [-0.05, 0) is 43.5 Å².